The number of carbonyl (C=O) groups excluding carboxylic acids is 1. The number of aromatic nitrogens is 1. The Kier molecular flexibility index (Phi) is 5.09. The Bertz CT molecular complexity index is 945. The first-order valence-corrected chi connectivity index (χ1v) is 8.77. The predicted octanol–water partition coefficient (Wildman–Crippen LogP) is 4.95. The van der Waals surface area contributed by atoms with Gasteiger partial charge in [-0.1, -0.05) is 11.6 Å². The van der Waals surface area contributed by atoms with Gasteiger partial charge in [0.2, 0.25) is 0 Å². The number of ether oxygens (including phenoxy) is 2. The van der Waals surface area contributed by atoms with E-state index in [1.54, 1.807) is 23.6 Å². The van der Waals surface area contributed by atoms with Gasteiger partial charge in [0.25, 0.3) is 0 Å². The number of carbonyl (C=O) groups is 1. The van der Waals surface area contributed by atoms with Crippen LogP contribution in [-0.4, -0.2) is 28.4 Å². The number of phenols is 1. The summed E-state index contributed by atoms with van der Waals surface area (Å²) in [5, 5.41) is 10.6. The van der Waals surface area contributed by atoms with Crippen LogP contribution in [0.3, 0.4) is 0 Å². The van der Waals surface area contributed by atoms with E-state index >= 15 is 0 Å². The zero-order valence-corrected chi connectivity index (χ0v) is 15.6. The monoisotopic (exact) mass is 373 g/mol. The van der Waals surface area contributed by atoms with Crippen LogP contribution in [0.5, 0.6) is 11.5 Å². The van der Waals surface area contributed by atoms with E-state index in [0.717, 1.165) is 11.4 Å². The van der Waals surface area contributed by atoms with Crippen molar-refractivity contribution in [1.82, 2.24) is 4.57 Å². The summed E-state index contributed by atoms with van der Waals surface area (Å²) in [4.78, 5) is 12.5. The van der Waals surface area contributed by atoms with Gasteiger partial charge >= 0.3 is 5.97 Å². The van der Waals surface area contributed by atoms with Gasteiger partial charge in [-0.25, -0.2) is 4.79 Å². The van der Waals surface area contributed by atoms with Gasteiger partial charge in [0.05, 0.1) is 23.3 Å². The van der Waals surface area contributed by atoms with E-state index in [1.165, 1.54) is 6.07 Å². The van der Waals surface area contributed by atoms with E-state index in [-0.39, 0.29) is 29.2 Å². The van der Waals surface area contributed by atoms with Gasteiger partial charge in [0.1, 0.15) is 11.5 Å². The summed E-state index contributed by atoms with van der Waals surface area (Å²) in [5.41, 5.74) is 1.67. The summed E-state index contributed by atoms with van der Waals surface area (Å²) < 4.78 is 12.6. The molecule has 0 unspecified atom stereocenters. The molecular formula is C20H20ClNO4. The average molecular weight is 374 g/mol. The van der Waals surface area contributed by atoms with Gasteiger partial charge < -0.3 is 19.1 Å². The summed E-state index contributed by atoms with van der Waals surface area (Å²) in [7, 11) is 0. The van der Waals surface area contributed by atoms with Crippen LogP contribution < -0.4 is 4.74 Å². The number of hydrogen-bond donors (Lipinski definition) is 1. The largest absolute Gasteiger partial charge is 0.508 e. The van der Waals surface area contributed by atoms with Crippen LogP contribution in [0.1, 0.15) is 31.3 Å². The molecule has 0 saturated heterocycles. The molecule has 6 heteroatoms. The molecule has 0 aliphatic carbocycles. The van der Waals surface area contributed by atoms with Crippen LogP contribution in [-0.2, 0) is 4.74 Å². The van der Waals surface area contributed by atoms with E-state index in [9.17, 15) is 9.90 Å². The normalized spacial score (nSPS) is 11.1. The van der Waals surface area contributed by atoms with Gasteiger partial charge in [-0.3, -0.25) is 0 Å². The van der Waals surface area contributed by atoms with E-state index in [0.29, 0.717) is 10.9 Å². The quantitative estimate of drug-likeness (QED) is 0.642. The van der Waals surface area contributed by atoms with Crippen molar-refractivity contribution in [2.75, 3.05) is 6.61 Å². The van der Waals surface area contributed by atoms with Crippen molar-refractivity contribution >= 4 is 28.5 Å². The van der Waals surface area contributed by atoms with Crippen molar-refractivity contribution in [1.29, 1.82) is 0 Å². The molecule has 0 spiro atoms. The number of aromatic hydroxyl groups is 1. The molecule has 0 amide bonds. The van der Waals surface area contributed by atoms with Crippen molar-refractivity contribution in [3.05, 3.63) is 53.2 Å². The van der Waals surface area contributed by atoms with Crippen molar-refractivity contribution in [2.45, 2.75) is 26.9 Å². The first-order chi connectivity index (χ1) is 12.4. The highest BCUT2D eigenvalue weighted by Gasteiger charge is 2.24. The van der Waals surface area contributed by atoms with Crippen molar-refractivity contribution in [2.24, 2.45) is 0 Å². The Hall–Kier alpha value is -2.66. The van der Waals surface area contributed by atoms with Crippen molar-refractivity contribution < 1.29 is 19.4 Å². The molecule has 3 aromatic rings. The number of halogens is 1. The van der Waals surface area contributed by atoms with Gasteiger partial charge in [-0.15, -0.1) is 0 Å². The smallest absolute Gasteiger partial charge is 0.356 e. The molecule has 0 aliphatic heterocycles. The number of hydrogen-bond acceptors (Lipinski definition) is 4. The average Bonchev–Trinajstić information content (AvgIpc) is 2.88. The Balaban J connectivity index is 2.20. The van der Waals surface area contributed by atoms with E-state index in [1.807, 2.05) is 38.1 Å². The SMILES string of the molecule is CCOC(=O)c1c(Cl)c2cc(O)ccc2n1-c1ccc(OC(C)C)cc1. The van der Waals surface area contributed by atoms with Crippen LogP contribution in [0.25, 0.3) is 16.6 Å². The third-order valence-corrected chi connectivity index (χ3v) is 4.21. The van der Waals surface area contributed by atoms with Crippen LogP contribution in [0.4, 0.5) is 0 Å². The van der Waals surface area contributed by atoms with Crippen LogP contribution in [0.2, 0.25) is 5.02 Å². The van der Waals surface area contributed by atoms with E-state index < -0.39 is 5.97 Å². The minimum atomic E-state index is -0.518. The number of fused-ring (bicyclic) bond motifs is 1. The van der Waals surface area contributed by atoms with E-state index in [2.05, 4.69) is 0 Å². The highest BCUT2D eigenvalue weighted by molar-refractivity contribution is 6.38. The summed E-state index contributed by atoms with van der Waals surface area (Å²) in [5.74, 6) is 0.296. The first-order valence-electron chi connectivity index (χ1n) is 8.39. The molecule has 0 atom stereocenters. The number of phenolic OH excluding ortho intramolecular Hbond substituents is 1. The molecule has 0 bridgehead atoms. The van der Waals surface area contributed by atoms with Crippen LogP contribution in [0.15, 0.2) is 42.5 Å². The summed E-state index contributed by atoms with van der Waals surface area (Å²) in [6.45, 7) is 5.89. The van der Waals surface area contributed by atoms with Crippen molar-refractivity contribution in [3.63, 3.8) is 0 Å². The third-order valence-electron chi connectivity index (χ3n) is 3.82. The number of rotatable bonds is 5. The third kappa shape index (κ3) is 3.35. The lowest BCUT2D eigenvalue weighted by Crippen LogP contribution is -2.11. The molecule has 136 valence electrons. The highest BCUT2D eigenvalue weighted by Crippen LogP contribution is 2.36. The molecule has 1 heterocycles. The lowest BCUT2D eigenvalue weighted by Gasteiger charge is -2.13. The van der Waals surface area contributed by atoms with Gasteiger partial charge in [-0.05, 0) is 63.2 Å². The molecule has 2 aromatic carbocycles. The summed E-state index contributed by atoms with van der Waals surface area (Å²) >= 11 is 6.46. The van der Waals surface area contributed by atoms with E-state index in [4.69, 9.17) is 21.1 Å². The lowest BCUT2D eigenvalue weighted by atomic mass is 10.2. The predicted molar refractivity (Wildman–Crippen MR) is 102 cm³/mol. The molecule has 1 N–H and O–H groups in total. The molecule has 0 saturated carbocycles. The standard InChI is InChI=1S/C20H20ClNO4/c1-4-25-20(24)19-18(21)16-11-14(23)7-10-17(16)22(19)13-5-8-15(9-6-13)26-12(2)3/h5-12,23H,4H2,1-3H3. The zero-order valence-electron chi connectivity index (χ0n) is 14.8. The molecule has 26 heavy (non-hydrogen) atoms. The molecule has 0 fully saturated rings. The second-order valence-electron chi connectivity index (χ2n) is 6.08. The molecule has 5 nitrogen and oxygen atoms in total. The second-order valence-corrected chi connectivity index (χ2v) is 6.46. The van der Waals surface area contributed by atoms with Gasteiger partial charge in [0.15, 0.2) is 5.69 Å². The number of benzene rings is 2. The number of esters is 1. The minimum absolute atomic E-state index is 0.0702. The zero-order chi connectivity index (χ0) is 18.8. The fourth-order valence-corrected chi connectivity index (χ4v) is 3.15. The Morgan fingerprint density at radius 3 is 2.50 bits per heavy atom. The molecule has 0 radical (unpaired) electrons. The molecule has 3 rings (SSSR count). The maximum absolute atomic E-state index is 12.5. The topological polar surface area (TPSA) is 60.7 Å². The lowest BCUT2D eigenvalue weighted by molar-refractivity contribution is 0.0517. The fourth-order valence-electron chi connectivity index (χ4n) is 2.84. The fraction of sp³-hybridized carbons (Fsp3) is 0.250. The summed E-state index contributed by atoms with van der Waals surface area (Å²) in [6.07, 6.45) is 0.0702. The number of nitrogens with zero attached hydrogens (tertiary/aromatic N) is 1. The van der Waals surface area contributed by atoms with Crippen molar-refractivity contribution in [3.8, 4) is 17.2 Å². The molecular weight excluding hydrogens is 354 g/mol. The maximum Gasteiger partial charge on any atom is 0.356 e. The molecule has 0 aliphatic rings. The Labute approximate surface area is 156 Å². The van der Waals surface area contributed by atoms with Crippen LogP contribution >= 0.6 is 11.6 Å². The highest BCUT2D eigenvalue weighted by atomic mass is 35.5. The molecule has 1 aromatic heterocycles. The Morgan fingerprint density at radius 1 is 1.19 bits per heavy atom. The second kappa shape index (κ2) is 7.30. The van der Waals surface area contributed by atoms with Crippen LogP contribution in [0, 0.1) is 0 Å². The maximum atomic E-state index is 12.5. The minimum Gasteiger partial charge on any atom is -0.508 e. The first kappa shape index (κ1) is 18.1. The van der Waals surface area contributed by atoms with Gasteiger partial charge in [-0.2, -0.15) is 0 Å². The Morgan fingerprint density at radius 2 is 1.88 bits per heavy atom. The summed E-state index contributed by atoms with van der Waals surface area (Å²) in [6, 6.07) is 12.2. The van der Waals surface area contributed by atoms with Gasteiger partial charge in [0, 0.05) is 11.1 Å².